The van der Waals surface area contributed by atoms with Crippen molar-refractivity contribution in [3.05, 3.63) is 24.3 Å². The van der Waals surface area contributed by atoms with Crippen LogP contribution >= 0.6 is 11.8 Å². The second-order valence-electron chi connectivity index (χ2n) is 4.81. The van der Waals surface area contributed by atoms with Gasteiger partial charge in [0.25, 0.3) is 0 Å². The highest BCUT2D eigenvalue weighted by Gasteiger charge is 2.23. The van der Waals surface area contributed by atoms with Crippen molar-refractivity contribution >= 4 is 23.4 Å². The van der Waals surface area contributed by atoms with E-state index in [-0.39, 0.29) is 12.5 Å². The molecule has 1 aromatic rings. The van der Waals surface area contributed by atoms with Crippen LogP contribution in [0, 0.1) is 0 Å². The van der Waals surface area contributed by atoms with Crippen molar-refractivity contribution in [2.75, 3.05) is 43.4 Å². The largest absolute Gasteiger partial charge is 0.396 e. The number of aliphatic hydroxyl groups is 1. The molecule has 1 aliphatic heterocycles. The van der Waals surface area contributed by atoms with Gasteiger partial charge in [-0.3, -0.25) is 9.69 Å². The molecule has 5 heteroatoms. The topological polar surface area (TPSA) is 43.8 Å². The number of nitrogens with zero attached hydrogens (tertiary/aromatic N) is 2. The molecule has 0 unspecified atom stereocenters. The van der Waals surface area contributed by atoms with E-state index >= 15 is 0 Å². The smallest absolute Gasteiger partial charge is 0.241 e. The van der Waals surface area contributed by atoms with Crippen LogP contribution in [0.2, 0.25) is 0 Å². The molecule has 0 saturated heterocycles. The van der Waals surface area contributed by atoms with Crippen LogP contribution in [0.3, 0.4) is 0 Å². The maximum Gasteiger partial charge on any atom is 0.241 e. The van der Waals surface area contributed by atoms with Crippen molar-refractivity contribution in [1.82, 2.24) is 4.90 Å². The molecule has 0 bridgehead atoms. The van der Waals surface area contributed by atoms with E-state index in [4.69, 9.17) is 5.11 Å². The molecule has 1 amide bonds. The minimum absolute atomic E-state index is 0.150. The van der Waals surface area contributed by atoms with Gasteiger partial charge >= 0.3 is 0 Å². The first kappa shape index (κ1) is 15.4. The quantitative estimate of drug-likeness (QED) is 0.869. The SMILES string of the molecule is CCN(CCCO)CC(=O)N1CCSc2ccccc21. The van der Waals surface area contributed by atoms with E-state index in [2.05, 4.69) is 11.0 Å². The summed E-state index contributed by atoms with van der Waals surface area (Å²) in [4.78, 5) is 17.7. The van der Waals surface area contributed by atoms with Gasteiger partial charge in [-0.25, -0.2) is 0 Å². The first-order valence-electron chi connectivity index (χ1n) is 7.11. The van der Waals surface area contributed by atoms with Gasteiger partial charge in [0.2, 0.25) is 5.91 Å². The molecule has 0 atom stereocenters. The van der Waals surface area contributed by atoms with Crippen LogP contribution < -0.4 is 4.90 Å². The first-order chi connectivity index (χ1) is 9.76. The fourth-order valence-electron chi connectivity index (χ4n) is 2.35. The second kappa shape index (κ2) is 7.67. The molecule has 1 N–H and O–H groups in total. The number of carbonyl (C=O) groups is 1. The van der Waals surface area contributed by atoms with Crippen LogP contribution in [0.4, 0.5) is 5.69 Å². The summed E-state index contributed by atoms with van der Waals surface area (Å²) in [7, 11) is 0. The third kappa shape index (κ3) is 3.75. The molecule has 0 saturated carbocycles. The molecule has 4 nitrogen and oxygen atoms in total. The van der Waals surface area contributed by atoms with E-state index in [1.165, 1.54) is 4.90 Å². The number of fused-ring (bicyclic) bond motifs is 1. The summed E-state index contributed by atoms with van der Waals surface area (Å²) in [6.45, 7) is 5.02. The molecular weight excluding hydrogens is 272 g/mol. The van der Waals surface area contributed by atoms with Crippen LogP contribution in [0.5, 0.6) is 0 Å². The molecule has 0 fully saturated rings. The zero-order chi connectivity index (χ0) is 14.4. The van der Waals surface area contributed by atoms with Gasteiger partial charge in [0, 0.05) is 30.3 Å². The summed E-state index contributed by atoms with van der Waals surface area (Å²) in [5, 5.41) is 8.90. The zero-order valence-corrected chi connectivity index (χ0v) is 12.7. The van der Waals surface area contributed by atoms with Crippen molar-refractivity contribution in [3.8, 4) is 0 Å². The number of rotatable bonds is 6. The third-order valence-corrected chi connectivity index (χ3v) is 4.51. The number of hydrogen-bond acceptors (Lipinski definition) is 4. The van der Waals surface area contributed by atoms with Crippen molar-refractivity contribution in [3.63, 3.8) is 0 Å². The number of anilines is 1. The van der Waals surface area contributed by atoms with Crippen molar-refractivity contribution in [1.29, 1.82) is 0 Å². The van der Waals surface area contributed by atoms with Gasteiger partial charge in [0.15, 0.2) is 0 Å². The molecule has 0 aliphatic carbocycles. The number of thioether (sulfide) groups is 1. The van der Waals surface area contributed by atoms with Crippen molar-refractivity contribution in [2.24, 2.45) is 0 Å². The lowest BCUT2D eigenvalue weighted by molar-refractivity contribution is -0.119. The lowest BCUT2D eigenvalue weighted by Crippen LogP contribution is -2.43. The average Bonchev–Trinajstić information content (AvgIpc) is 2.50. The Morgan fingerprint density at radius 2 is 2.25 bits per heavy atom. The number of benzene rings is 1. The van der Waals surface area contributed by atoms with Crippen molar-refractivity contribution < 1.29 is 9.90 Å². The summed E-state index contributed by atoms with van der Waals surface area (Å²) in [6, 6.07) is 8.08. The van der Waals surface area contributed by atoms with E-state index in [1.807, 2.05) is 41.8 Å². The van der Waals surface area contributed by atoms with Gasteiger partial charge < -0.3 is 10.0 Å². The van der Waals surface area contributed by atoms with Crippen LogP contribution in [0.1, 0.15) is 13.3 Å². The van der Waals surface area contributed by atoms with Crippen LogP contribution in [0.25, 0.3) is 0 Å². The highest BCUT2D eigenvalue weighted by atomic mass is 32.2. The number of likely N-dealkylation sites (N-methyl/N-ethyl adjacent to an activating group) is 1. The lowest BCUT2D eigenvalue weighted by Gasteiger charge is -2.31. The number of para-hydroxylation sites is 1. The number of carbonyl (C=O) groups excluding carboxylic acids is 1. The standard InChI is InChI=1S/C15H22N2O2S/c1-2-16(8-5-10-18)12-15(19)17-9-11-20-14-7-4-3-6-13(14)17/h3-4,6-7,18H,2,5,8-12H2,1H3. The predicted octanol–water partition coefficient (Wildman–Crippen LogP) is 1.83. The Morgan fingerprint density at radius 3 is 3.00 bits per heavy atom. The van der Waals surface area contributed by atoms with E-state index < -0.39 is 0 Å². The van der Waals surface area contributed by atoms with E-state index in [1.54, 1.807) is 0 Å². The fourth-order valence-corrected chi connectivity index (χ4v) is 3.34. The normalized spacial score (nSPS) is 14.4. The van der Waals surface area contributed by atoms with Gasteiger partial charge in [-0.15, -0.1) is 11.8 Å². The monoisotopic (exact) mass is 294 g/mol. The Labute approximate surface area is 124 Å². The predicted molar refractivity (Wildman–Crippen MR) is 83.3 cm³/mol. The Bertz CT molecular complexity index is 453. The molecule has 2 rings (SSSR count). The third-order valence-electron chi connectivity index (χ3n) is 3.47. The number of amides is 1. The minimum Gasteiger partial charge on any atom is -0.396 e. The summed E-state index contributed by atoms with van der Waals surface area (Å²) in [5.74, 6) is 1.10. The lowest BCUT2D eigenvalue weighted by atomic mass is 10.2. The summed E-state index contributed by atoms with van der Waals surface area (Å²) in [5.41, 5.74) is 1.03. The van der Waals surface area contributed by atoms with E-state index in [0.717, 1.165) is 31.1 Å². The summed E-state index contributed by atoms with van der Waals surface area (Å²) < 4.78 is 0. The maximum absolute atomic E-state index is 12.5. The van der Waals surface area contributed by atoms with Gasteiger partial charge in [-0.2, -0.15) is 0 Å². The molecule has 20 heavy (non-hydrogen) atoms. The Hall–Kier alpha value is -1.04. The van der Waals surface area contributed by atoms with Gasteiger partial charge in [-0.05, 0) is 25.1 Å². The van der Waals surface area contributed by atoms with Crippen LogP contribution in [-0.2, 0) is 4.79 Å². The van der Waals surface area contributed by atoms with E-state index in [0.29, 0.717) is 13.0 Å². The average molecular weight is 294 g/mol. The van der Waals surface area contributed by atoms with Crippen molar-refractivity contribution in [2.45, 2.75) is 18.2 Å². The Morgan fingerprint density at radius 1 is 1.45 bits per heavy atom. The first-order valence-corrected chi connectivity index (χ1v) is 8.10. The highest BCUT2D eigenvalue weighted by Crippen LogP contribution is 2.34. The Balaban J connectivity index is 2.03. The van der Waals surface area contributed by atoms with Crippen LogP contribution in [0.15, 0.2) is 29.2 Å². The maximum atomic E-state index is 12.5. The minimum atomic E-state index is 0.150. The molecule has 0 radical (unpaired) electrons. The Kier molecular flexibility index (Phi) is 5.88. The molecule has 0 aromatic heterocycles. The number of aliphatic hydroxyl groups excluding tert-OH is 1. The van der Waals surface area contributed by atoms with E-state index in [9.17, 15) is 4.79 Å². The fraction of sp³-hybridized carbons (Fsp3) is 0.533. The molecule has 1 aromatic carbocycles. The van der Waals surface area contributed by atoms with Crippen LogP contribution in [-0.4, -0.2) is 54.5 Å². The highest BCUT2D eigenvalue weighted by molar-refractivity contribution is 7.99. The molecule has 1 aliphatic rings. The molecular formula is C15H22N2O2S. The molecule has 1 heterocycles. The summed E-state index contributed by atoms with van der Waals surface area (Å²) in [6.07, 6.45) is 0.716. The molecule has 0 spiro atoms. The number of hydrogen-bond donors (Lipinski definition) is 1. The zero-order valence-electron chi connectivity index (χ0n) is 11.9. The van der Waals surface area contributed by atoms with Gasteiger partial charge in [0.05, 0.1) is 12.2 Å². The van der Waals surface area contributed by atoms with Gasteiger partial charge in [0.1, 0.15) is 0 Å². The second-order valence-corrected chi connectivity index (χ2v) is 5.94. The summed E-state index contributed by atoms with van der Waals surface area (Å²) >= 11 is 1.81. The van der Waals surface area contributed by atoms with Gasteiger partial charge in [-0.1, -0.05) is 19.1 Å². The molecule has 110 valence electrons.